The summed E-state index contributed by atoms with van der Waals surface area (Å²) >= 11 is 0. The van der Waals surface area contributed by atoms with Crippen LogP contribution in [0.5, 0.6) is 0 Å². The first-order chi connectivity index (χ1) is 14.0. The minimum Gasteiger partial charge on any atom is -0.397 e. The summed E-state index contributed by atoms with van der Waals surface area (Å²) in [5.41, 5.74) is 9.47. The summed E-state index contributed by atoms with van der Waals surface area (Å²) in [7, 11) is 0. The van der Waals surface area contributed by atoms with Gasteiger partial charge in [-0.15, -0.1) is 0 Å². The van der Waals surface area contributed by atoms with Gasteiger partial charge >= 0.3 is 0 Å². The summed E-state index contributed by atoms with van der Waals surface area (Å²) < 4.78 is 13.1. The second-order valence-corrected chi connectivity index (χ2v) is 6.80. The van der Waals surface area contributed by atoms with Crippen molar-refractivity contribution in [3.05, 3.63) is 95.3 Å². The highest BCUT2D eigenvalue weighted by atomic mass is 19.1. The molecule has 5 nitrogen and oxygen atoms in total. The highest BCUT2D eigenvalue weighted by molar-refractivity contribution is 6.05. The number of aliphatic hydroxyl groups is 1. The number of halogens is 1. The standard InChI is InChI=1S/C23H24FN3O2/c24-20-11-7-18(8-12-20)16-27(13-14-28)15-17-5-9-19(10-6-17)23(29)26-22-4-2-1-3-21(22)25/h1-12,28H,13-16,25H2,(H,26,29). The lowest BCUT2D eigenvalue weighted by Gasteiger charge is -2.21. The smallest absolute Gasteiger partial charge is 0.255 e. The molecule has 0 aliphatic rings. The third kappa shape index (κ3) is 5.88. The van der Waals surface area contributed by atoms with Crippen molar-refractivity contribution in [2.24, 2.45) is 0 Å². The molecular formula is C23H24FN3O2. The summed E-state index contributed by atoms with van der Waals surface area (Å²) in [4.78, 5) is 14.5. The quantitative estimate of drug-likeness (QED) is 0.511. The van der Waals surface area contributed by atoms with Crippen molar-refractivity contribution in [3.63, 3.8) is 0 Å². The molecule has 0 unspecified atom stereocenters. The van der Waals surface area contributed by atoms with E-state index in [-0.39, 0.29) is 18.3 Å². The number of hydrogen-bond donors (Lipinski definition) is 3. The summed E-state index contributed by atoms with van der Waals surface area (Å²) in [5.74, 6) is -0.499. The van der Waals surface area contributed by atoms with Gasteiger partial charge in [0.2, 0.25) is 0 Å². The third-order valence-corrected chi connectivity index (χ3v) is 4.57. The summed E-state index contributed by atoms with van der Waals surface area (Å²) in [6.07, 6.45) is 0. The molecule has 0 aromatic heterocycles. The molecule has 0 bridgehead atoms. The number of para-hydroxylation sites is 2. The molecule has 3 aromatic rings. The number of hydrogen-bond acceptors (Lipinski definition) is 4. The minimum atomic E-state index is -0.270. The molecule has 1 amide bonds. The molecule has 0 fully saturated rings. The van der Waals surface area contributed by atoms with Crippen LogP contribution in [0.2, 0.25) is 0 Å². The van der Waals surface area contributed by atoms with Crippen molar-refractivity contribution < 1.29 is 14.3 Å². The van der Waals surface area contributed by atoms with Crippen LogP contribution in [-0.2, 0) is 13.1 Å². The van der Waals surface area contributed by atoms with Gasteiger partial charge in [-0.25, -0.2) is 4.39 Å². The van der Waals surface area contributed by atoms with Crippen molar-refractivity contribution in [1.29, 1.82) is 0 Å². The molecule has 0 aliphatic carbocycles. The summed E-state index contributed by atoms with van der Waals surface area (Å²) in [5, 5.41) is 12.2. The molecule has 0 spiro atoms. The topological polar surface area (TPSA) is 78.6 Å². The largest absolute Gasteiger partial charge is 0.397 e. The lowest BCUT2D eigenvalue weighted by molar-refractivity contribution is 0.102. The minimum absolute atomic E-state index is 0.0280. The average Bonchev–Trinajstić information content (AvgIpc) is 2.72. The number of benzene rings is 3. The van der Waals surface area contributed by atoms with Gasteiger partial charge in [0.1, 0.15) is 5.82 Å². The monoisotopic (exact) mass is 393 g/mol. The van der Waals surface area contributed by atoms with Crippen LogP contribution in [0.4, 0.5) is 15.8 Å². The number of nitrogens with zero attached hydrogens (tertiary/aromatic N) is 1. The van der Waals surface area contributed by atoms with E-state index in [9.17, 15) is 14.3 Å². The molecule has 0 atom stereocenters. The number of aliphatic hydroxyl groups excluding tert-OH is 1. The van der Waals surface area contributed by atoms with Crippen LogP contribution in [-0.4, -0.2) is 29.1 Å². The van der Waals surface area contributed by atoms with Crippen LogP contribution in [0.25, 0.3) is 0 Å². The number of carbonyl (C=O) groups is 1. The fraction of sp³-hybridized carbons (Fsp3) is 0.174. The molecule has 3 rings (SSSR count). The highest BCUT2D eigenvalue weighted by Gasteiger charge is 2.10. The molecule has 29 heavy (non-hydrogen) atoms. The van der Waals surface area contributed by atoms with Gasteiger partial charge < -0.3 is 16.2 Å². The molecule has 150 valence electrons. The molecular weight excluding hydrogens is 369 g/mol. The van der Waals surface area contributed by atoms with Gasteiger partial charge in [0.15, 0.2) is 0 Å². The van der Waals surface area contributed by atoms with Crippen LogP contribution in [0.15, 0.2) is 72.8 Å². The lowest BCUT2D eigenvalue weighted by atomic mass is 10.1. The molecule has 0 aliphatic heterocycles. The van der Waals surface area contributed by atoms with Crippen molar-refractivity contribution in [2.45, 2.75) is 13.1 Å². The van der Waals surface area contributed by atoms with Crippen LogP contribution in [0.1, 0.15) is 21.5 Å². The predicted octanol–water partition coefficient (Wildman–Crippen LogP) is 3.65. The van der Waals surface area contributed by atoms with Gasteiger partial charge in [0, 0.05) is 25.2 Å². The van der Waals surface area contributed by atoms with Gasteiger partial charge in [-0.05, 0) is 47.5 Å². The second kappa shape index (κ2) is 9.82. The molecule has 0 radical (unpaired) electrons. The van der Waals surface area contributed by atoms with Crippen molar-refractivity contribution in [1.82, 2.24) is 4.90 Å². The molecule has 3 aromatic carbocycles. The first-order valence-corrected chi connectivity index (χ1v) is 9.37. The maximum Gasteiger partial charge on any atom is 0.255 e. The van der Waals surface area contributed by atoms with Crippen LogP contribution >= 0.6 is 0 Å². The average molecular weight is 393 g/mol. The van der Waals surface area contributed by atoms with Crippen LogP contribution < -0.4 is 11.1 Å². The van der Waals surface area contributed by atoms with Gasteiger partial charge in [-0.1, -0.05) is 36.4 Å². The second-order valence-electron chi connectivity index (χ2n) is 6.80. The number of nitrogens with two attached hydrogens (primary N) is 1. The number of amides is 1. The van der Waals surface area contributed by atoms with E-state index in [4.69, 9.17) is 5.73 Å². The maximum absolute atomic E-state index is 13.1. The van der Waals surface area contributed by atoms with Crippen LogP contribution in [0, 0.1) is 5.82 Å². The van der Waals surface area contributed by atoms with E-state index < -0.39 is 0 Å². The first-order valence-electron chi connectivity index (χ1n) is 9.37. The number of anilines is 2. The fourth-order valence-corrected chi connectivity index (χ4v) is 3.03. The third-order valence-electron chi connectivity index (χ3n) is 4.57. The molecule has 6 heteroatoms. The van der Waals surface area contributed by atoms with E-state index in [0.29, 0.717) is 36.6 Å². The summed E-state index contributed by atoms with van der Waals surface area (Å²) in [6.45, 7) is 1.72. The number of nitrogens with one attached hydrogen (secondary N) is 1. The maximum atomic E-state index is 13.1. The normalized spacial score (nSPS) is 10.9. The first kappa shape index (κ1) is 20.5. The zero-order chi connectivity index (χ0) is 20.6. The van der Waals surface area contributed by atoms with E-state index in [2.05, 4.69) is 10.2 Å². The van der Waals surface area contributed by atoms with E-state index in [1.165, 1.54) is 12.1 Å². The molecule has 0 saturated carbocycles. The van der Waals surface area contributed by atoms with Crippen molar-refractivity contribution >= 4 is 17.3 Å². The van der Waals surface area contributed by atoms with Gasteiger partial charge in [-0.2, -0.15) is 0 Å². The Balaban J connectivity index is 1.64. The van der Waals surface area contributed by atoms with Gasteiger partial charge in [0.05, 0.1) is 18.0 Å². The lowest BCUT2D eigenvalue weighted by Crippen LogP contribution is -2.26. The van der Waals surface area contributed by atoms with E-state index in [1.54, 1.807) is 36.4 Å². The highest BCUT2D eigenvalue weighted by Crippen LogP contribution is 2.18. The van der Waals surface area contributed by atoms with Crippen molar-refractivity contribution in [2.75, 3.05) is 24.2 Å². The Morgan fingerprint density at radius 1 is 0.931 bits per heavy atom. The van der Waals surface area contributed by atoms with E-state index in [1.807, 2.05) is 24.3 Å². The Labute approximate surface area is 169 Å². The Morgan fingerprint density at radius 3 is 2.10 bits per heavy atom. The zero-order valence-corrected chi connectivity index (χ0v) is 16.0. The Kier molecular flexibility index (Phi) is 6.94. The van der Waals surface area contributed by atoms with Crippen LogP contribution in [0.3, 0.4) is 0 Å². The zero-order valence-electron chi connectivity index (χ0n) is 16.0. The predicted molar refractivity (Wildman–Crippen MR) is 113 cm³/mol. The van der Waals surface area contributed by atoms with Gasteiger partial charge in [-0.3, -0.25) is 9.69 Å². The Morgan fingerprint density at radius 2 is 1.52 bits per heavy atom. The number of rotatable bonds is 8. The van der Waals surface area contributed by atoms with Gasteiger partial charge in [0.25, 0.3) is 5.91 Å². The van der Waals surface area contributed by atoms with Crippen molar-refractivity contribution in [3.8, 4) is 0 Å². The molecule has 0 saturated heterocycles. The SMILES string of the molecule is Nc1ccccc1NC(=O)c1ccc(CN(CCO)Cc2ccc(F)cc2)cc1. The van der Waals surface area contributed by atoms with E-state index >= 15 is 0 Å². The Bertz CT molecular complexity index is 943. The summed E-state index contributed by atoms with van der Waals surface area (Å²) in [6, 6.07) is 20.7. The number of nitrogen functional groups attached to an aromatic ring is 1. The number of carbonyl (C=O) groups excluding carboxylic acids is 1. The van der Waals surface area contributed by atoms with E-state index in [0.717, 1.165) is 11.1 Å². The fourth-order valence-electron chi connectivity index (χ4n) is 3.03. The molecule has 4 N–H and O–H groups in total. The molecule has 0 heterocycles. The Hall–Kier alpha value is -3.22.